The molecule has 0 radical (unpaired) electrons. The number of halogens is 3. The minimum atomic E-state index is -4.64. The lowest BCUT2D eigenvalue weighted by molar-refractivity contribution is -0.137. The highest BCUT2D eigenvalue weighted by Crippen LogP contribution is 2.34. The lowest BCUT2D eigenvalue weighted by Gasteiger charge is -2.15. The fourth-order valence-corrected chi connectivity index (χ4v) is 2.39. The van der Waals surface area contributed by atoms with Crippen molar-refractivity contribution in [2.24, 2.45) is 0 Å². The summed E-state index contributed by atoms with van der Waals surface area (Å²) in [7, 11) is 0. The van der Waals surface area contributed by atoms with Crippen LogP contribution in [0, 0.1) is 6.92 Å². The van der Waals surface area contributed by atoms with Gasteiger partial charge in [0, 0.05) is 24.1 Å². The summed E-state index contributed by atoms with van der Waals surface area (Å²) in [5.74, 6) is -0.632. The van der Waals surface area contributed by atoms with Crippen molar-refractivity contribution in [3.8, 4) is 11.5 Å². The van der Waals surface area contributed by atoms with E-state index in [-0.39, 0.29) is 17.0 Å². The summed E-state index contributed by atoms with van der Waals surface area (Å²) in [5.41, 5.74) is -1.17. The Labute approximate surface area is 157 Å². The van der Waals surface area contributed by atoms with Gasteiger partial charge in [0.1, 0.15) is 11.5 Å². The van der Waals surface area contributed by atoms with Crippen LogP contribution in [0.1, 0.15) is 21.6 Å². The van der Waals surface area contributed by atoms with Crippen LogP contribution in [0.5, 0.6) is 11.5 Å². The van der Waals surface area contributed by atoms with Crippen LogP contribution < -0.4 is 15.6 Å². The lowest BCUT2D eigenvalue weighted by Crippen LogP contribution is -2.16. The highest BCUT2D eigenvalue weighted by atomic mass is 19.4. The third-order valence-corrected chi connectivity index (χ3v) is 3.76. The van der Waals surface area contributed by atoms with Crippen LogP contribution in [0.2, 0.25) is 0 Å². The third-order valence-electron chi connectivity index (χ3n) is 3.76. The van der Waals surface area contributed by atoms with Gasteiger partial charge in [0.15, 0.2) is 0 Å². The second-order valence-corrected chi connectivity index (χ2v) is 5.79. The molecule has 2 N–H and O–H groups in total. The normalized spacial score (nSPS) is 11.1. The number of pyridine rings is 2. The summed E-state index contributed by atoms with van der Waals surface area (Å²) in [4.78, 5) is 30.4. The molecule has 0 spiro atoms. The molecule has 0 bridgehead atoms. The Kier molecular flexibility index (Phi) is 5.16. The van der Waals surface area contributed by atoms with Crippen molar-refractivity contribution in [2.45, 2.75) is 13.1 Å². The largest absolute Gasteiger partial charge is 0.455 e. The zero-order valence-corrected chi connectivity index (χ0v) is 14.5. The van der Waals surface area contributed by atoms with Gasteiger partial charge in [0.05, 0.1) is 16.8 Å². The number of benzene rings is 1. The molecule has 2 aromatic heterocycles. The predicted molar refractivity (Wildman–Crippen MR) is 95.5 cm³/mol. The molecule has 0 saturated carbocycles. The number of nitrogens with one attached hydrogen (secondary N) is 2. The molecule has 0 aliphatic rings. The minimum absolute atomic E-state index is 0.0774. The van der Waals surface area contributed by atoms with Crippen molar-refractivity contribution in [3.63, 3.8) is 0 Å². The first-order valence-corrected chi connectivity index (χ1v) is 8.05. The fourth-order valence-electron chi connectivity index (χ4n) is 2.39. The van der Waals surface area contributed by atoms with Crippen LogP contribution in [0.15, 0.2) is 59.7 Å². The number of carbonyl (C=O) groups excluding carboxylic acids is 1. The summed E-state index contributed by atoms with van der Waals surface area (Å²) in [6.07, 6.45) is -1.79. The van der Waals surface area contributed by atoms with Gasteiger partial charge in [-0.1, -0.05) is 0 Å². The van der Waals surface area contributed by atoms with E-state index in [1.807, 2.05) is 0 Å². The number of ether oxygens (including phenoxy) is 1. The maximum Gasteiger partial charge on any atom is 0.416 e. The highest BCUT2D eigenvalue weighted by Gasteiger charge is 2.32. The lowest BCUT2D eigenvalue weighted by atomic mass is 10.1. The molecule has 0 saturated heterocycles. The van der Waals surface area contributed by atoms with E-state index in [0.717, 1.165) is 18.2 Å². The Morgan fingerprint density at radius 1 is 1.14 bits per heavy atom. The second kappa shape index (κ2) is 7.55. The number of anilines is 1. The number of aryl methyl sites for hydroxylation is 1. The summed E-state index contributed by atoms with van der Waals surface area (Å²) in [5, 5.41) is 2.40. The van der Waals surface area contributed by atoms with Gasteiger partial charge in [-0.2, -0.15) is 13.2 Å². The van der Waals surface area contributed by atoms with E-state index in [1.165, 1.54) is 18.5 Å². The van der Waals surface area contributed by atoms with Crippen LogP contribution in [-0.4, -0.2) is 15.9 Å². The van der Waals surface area contributed by atoms with Crippen molar-refractivity contribution < 1.29 is 22.7 Å². The molecule has 0 atom stereocenters. The van der Waals surface area contributed by atoms with E-state index in [0.29, 0.717) is 17.5 Å². The van der Waals surface area contributed by atoms with E-state index >= 15 is 0 Å². The molecular weight excluding hydrogens is 375 g/mol. The Hall–Kier alpha value is -3.62. The highest BCUT2D eigenvalue weighted by molar-refractivity contribution is 6.06. The minimum Gasteiger partial charge on any atom is -0.455 e. The molecule has 3 rings (SSSR count). The maximum atomic E-state index is 13.1. The van der Waals surface area contributed by atoms with Crippen molar-refractivity contribution in [3.05, 3.63) is 82.0 Å². The monoisotopic (exact) mass is 389 g/mol. The average molecular weight is 389 g/mol. The summed E-state index contributed by atoms with van der Waals surface area (Å²) in [6, 6.07) is 8.29. The van der Waals surface area contributed by atoms with Crippen LogP contribution in [-0.2, 0) is 6.18 Å². The number of rotatable bonds is 4. The Bertz CT molecular complexity index is 1080. The summed E-state index contributed by atoms with van der Waals surface area (Å²) in [6.45, 7) is 1.66. The van der Waals surface area contributed by atoms with Crippen molar-refractivity contribution >= 4 is 11.6 Å². The third kappa shape index (κ3) is 4.37. The molecule has 0 fully saturated rings. The van der Waals surface area contributed by atoms with Crippen molar-refractivity contribution in [2.75, 3.05) is 5.32 Å². The van der Waals surface area contributed by atoms with Crippen molar-refractivity contribution in [1.82, 2.24) is 9.97 Å². The number of aromatic nitrogens is 2. The Morgan fingerprint density at radius 2 is 1.93 bits per heavy atom. The van der Waals surface area contributed by atoms with Gasteiger partial charge in [-0.25, -0.2) is 0 Å². The first kappa shape index (κ1) is 19.2. The van der Waals surface area contributed by atoms with Gasteiger partial charge in [0.25, 0.3) is 5.91 Å². The number of hydrogen-bond acceptors (Lipinski definition) is 4. The van der Waals surface area contributed by atoms with Crippen LogP contribution >= 0.6 is 0 Å². The molecule has 0 aliphatic carbocycles. The van der Waals surface area contributed by atoms with Gasteiger partial charge in [0.2, 0.25) is 5.56 Å². The van der Waals surface area contributed by atoms with E-state index in [2.05, 4.69) is 15.3 Å². The molecule has 0 aliphatic heterocycles. The number of alkyl halides is 3. The number of aromatic amines is 1. The quantitative estimate of drug-likeness (QED) is 0.702. The van der Waals surface area contributed by atoms with E-state index < -0.39 is 23.2 Å². The zero-order chi connectivity index (χ0) is 20.3. The SMILES string of the molecule is Cc1ncccc1Oc1ccc(C(F)(F)F)cc1C(=O)Nc1cc[nH]c(=O)c1. The Balaban J connectivity index is 2.01. The average Bonchev–Trinajstić information content (AvgIpc) is 2.63. The van der Waals surface area contributed by atoms with Gasteiger partial charge in [-0.15, -0.1) is 0 Å². The molecule has 28 heavy (non-hydrogen) atoms. The topological polar surface area (TPSA) is 84.1 Å². The standard InChI is InChI=1S/C19H14F3N3O3/c1-11-15(3-2-7-23-11)28-16-5-4-12(19(20,21)22)9-14(16)18(27)25-13-6-8-24-17(26)10-13/h2-10H,1H3,(H2,24,25,26,27). The van der Waals surface area contributed by atoms with Crippen LogP contribution in [0.3, 0.4) is 0 Å². The number of amides is 1. The molecule has 1 amide bonds. The van der Waals surface area contributed by atoms with E-state index in [4.69, 9.17) is 4.74 Å². The number of nitrogens with zero attached hydrogens (tertiary/aromatic N) is 1. The van der Waals surface area contributed by atoms with Crippen LogP contribution in [0.4, 0.5) is 18.9 Å². The Morgan fingerprint density at radius 3 is 2.61 bits per heavy atom. The van der Waals surface area contributed by atoms with Gasteiger partial charge in [-0.3, -0.25) is 14.6 Å². The zero-order valence-electron chi connectivity index (χ0n) is 14.5. The number of hydrogen-bond donors (Lipinski definition) is 2. The fraction of sp³-hybridized carbons (Fsp3) is 0.105. The summed E-state index contributed by atoms with van der Waals surface area (Å²) < 4.78 is 44.9. The predicted octanol–water partition coefficient (Wildman–Crippen LogP) is 4.14. The number of H-pyrrole nitrogens is 1. The molecule has 2 heterocycles. The molecule has 9 heteroatoms. The van der Waals surface area contributed by atoms with Gasteiger partial charge >= 0.3 is 6.18 Å². The van der Waals surface area contributed by atoms with Crippen molar-refractivity contribution in [1.29, 1.82) is 0 Å². The van der Waals surface area contributed by atoms with Gasteiger partial charge in [-0.05, 0) is 43.3 Å². The van der Waals surface area contributed by atoms with E-state index in [9.17, 15) is 22.8 Å². The maximum absolute atomic E-state index is 13.1. The summed E-state index contributed by atoms with van der Waals surface area (Å²) >= 11 is 0. The second-order valence-electron chi connectivity index (χ2n) is 5.79. The molecular formula is C19H14F3N3O3. The number of carbonyl (C=O) groups is 1. The molecule has 3 aromatic rings. The van der Waals surface area contributed by atoms with Crippen LogP contribution in [0.25, 0.3) is 0 Å². The first-order chi connectivity index (χ1) is 13.2. The van der Waals surface area contributed by atoms with E-state index in [1.54, 1.807) is 19.1 Å². The molecule has 144 valence electrons. The molecule has 6 nitrogen and oxygen atoms in total. The van der Waals surface area contributed by atoms with Gasteiger partial charge < -0.3 is 15.0 Å². The first-order valence-electron chi connectivity index (χ1n) is 8.05. The smallest absolute Gasteiger partial charge is 0.416 e. The molecule has 0 unspecified atom stereocenters. The molecule has 1 aromatic carbocycles.